The predicted molar refractivity (Wildman–Crippen MR) is 82.0 cm³/mol. The summed E-state index contributed by atoms with van der Waals surface area (Å²) in [6.45, 7) is 12.5. The van der Waals surface area contributed by atoms with E-state index in [9.17, 15) is 0 Å². The fraction of sp³-hybridized carbons (Fsp3) is 0.643. The van der Waals surface area contributed by atoms with Crippen LogP contribution < -0.4 is 5.32 Å². The van der Waals surface area contributed by atoms with Gasteiger partial charge in [-0.3, -0.25) is 4.68 Å². The van der Waals surface area contributed by atoms with Crippen molar-refractivity contribution in [3.8, 4) is 0 Å². The number of nitrogens with zero attached hydrogens (tertiary/aromatic N) is 4. The third-order valence-electron chi connectivity index (χ3n) is 3.24. The molecule has 2 aromatic heterocycles. The van der Waals surface area contributed by atoms with E-state index in [1.54, 1.807) is 0 Å². The van der Waals surface area contributed by atoms with Gasteiger partial charge in [-0.05, 0) is 31.1 Å². The molecule has 2 heterocycles. The van der Waals surface area contributed by atoms with Crippen LogP contribution in [0.25, 0.3) is 0 Å². The first-order valence-corrected chi connectivity index (χ1v) is 7.84. The lowest BCUT2D eigenvalue weighted by molar-refractivity contribution is 0.518. The summed E-state index contributed by atoms with van der Waals surface area (Å²) in [6.07, 6.45) is 1.86. The summed E-state index contributed by atoms with van der Waals surface area (Å²) in [5.41, 5.74) is 2.23. The smallest absolute Gasteiger partial charge is 0.0877 e. The first kappa shape index (κ1) is 15.1. The molecule has 110 valence electrons. The van der Waals surface area contributed by atoms with Crippen molar-refractivity contribution in [1.82, 2.24) is 24.7 Å². The van der Waals surface area contributed by atoms with Crippen molar-refractivity contribution in [3.05, 3.63) is 28.5 Å². The molecule has 1 unspecified atom stereocenters. The van der Waals surface area contributed by atoms with Gasteiger partial charge in [0.25, 0.3) is 0 Å². The molecular weight excluding hydrogens is 270 g/mol. The molecular formula is C14H23N5S. The minimum absolute atomic E-state index is 0.00687. The zero-order valence-electron chi connectivity index (χ0n) is 12.8. The van der Waals surface area contributed by atoms with Crippen LogP contribution in [0.2, 0.25) is 0 Å². The summed E-state index contributed by atoms with van der Waals surface area (Å²) in [7, 11) is 0. The first-order valence-electron chi connectivity index (χ1n) is 7.06. The average Bonchev–Trinajstić information content (AvgIpc) is 3.03. The van der Waals surface area contributed by atoms with Gasteiger partial charge in [-0.2, -0.15) is 5.10 Å². The lowest BCUT2D eigenvalue weighted by Crippen LogP contribution is -2.27. The van der Waals surface area contributed by atoms with E-state index in [4.69, 9.17) is 0 Å². The topological polar surface area (TPSA) is 55.6 Å². The zero-order valence-corrected chi connectivity index (χ0v) is 13.7. The van der Waals surface area contributed by atoms with Crippen molar-refractivity contribution in [2.45, 2.75) is 52.6 Å². The summed E-state index contributed by atoms with van der Waals surface area (Å²) >= 11 is 1.48. The second kappa shape index (κ2) is 6.01. The highest BCUT2D eigenvalue weighted by Gasteiger charge is 2.29. The van der Waals surface area contributed by atoms with E-state index >= 15 is 0 Å². The maximum absolute atomic E-state index is 4.38. The summed E-state index contributed by atoms with van der Waals surface area (Å²) < 4.78 is 6.21. The van der Waals surface area contributed by atoms with Gasteiger partial charge in [-0.1, -0.05) is 32.2 Å². The Morgan fingerprint density at radius 3 is 2.70 bits per heavy atom. The largest absolute Gasteiger partial charge is 0.304 e. The molecule has 0 saturated carbocycles. The molecule has 0 aliphatic heterocycles. The molecule has 0 radical (unpaired) electrons. The molecule has 0 fully saturated rings. The minimum Gasteiger partial charge on any atom is -0.304 e. The number of rotatable bonds is 5. The molecule has 6 heteroatoms. The summed E-state index contributed by atoms with van der Waals surface area (Å²) in [6, 6.07) is 2.18. The molecule has 0 bridgehead atoms. The highest BCUT2D eigenvalue weighted by atomic mass is 32.1. The maximum atomic E-state index is 4.38. The van der Waals surface area contributed by atoms with E-state index in [1.165, 1.54) is 22.1 Å². The fourth-order valence-electron chi connectivity index (χ4n) is 2.29. The van der Waals surface area contributed by atoms with E-state index in [-0.39, 0.29) is 11.5 Å². The van der Waals surface area contributed by atoms with Crippen LogP contribution in [0.4, 0.5) is 0 Å². The van der Waals surface area contributed by atoms with Gasteiger partial charge in [0.15, 0.2) is 0 Å². The molecule has 0 aliphatic carbocycles. The average molecular weight is 293 g/mol. The van der Waals surface area contributed by atoms with Crippen molar-refractivity contribution in [2.24, 2.45) is 0 Å². The molecule has 0 aromatic carbocycles. The first-order chi connectivity index (χ1) is 9.49. The van der Waals surface area contributed by atoms with Gasteiger partial charge >= 0.3 is 0 Å². The zero-order chi connectivity index (χ0) is 14.8. The van der Waals surface area contributed by atoms with E-state index in [1.807, 2.05) is 10.9 Å². The van der Waals surface area contributed by atoms with Crippen molar-refractivity contribution in [2.75, 3.05) is 6.54 Å². The summed E-state index contributed by atoms with van der Waals surface area (Å²) in [5, 5.41) is 12.3. The Hall–Kier alpha value is -1.27. The van der Waals surface area contributed by atoms with Crippen LogP contribution in [0.3, 0.4) is 0 Å². The second-order valence-electron chi connectivity index (χ2n) is 5.80. The molecule has 5 nitrogen and oxygen atoms in total. The number of aromatic nitrogens is 4. The quantitative estimate of drug-likeness (QED) is 0.921. The number of nitrogens with one attached hydrogen (secondary N) is 1. The molecule has 0 spiro atoms. The van der Waals surface area contributed by atoms with Crippen LogP contribution in [0.15, 0.2) is 12.3 Å². The fourth-order valence-corrected chi connectivity index (χ4v) is 3.25. The van der Waals surface area contributed by atoms with Crippen LogP contribution >= 0.6 is 11.5 Å². The molecule has 2 rings (SSSR count). The number of hydrogen-bond acceptors (Lipinski definition) is 5. The molecule has 1 N–H and O–H groups in total. The second-order valence-corrected chi connectivity index (χ2v) is 6.58. The van der Waals surface area contributed by atoms with Gasteiger partial charge in [0.1, 0.15) is 0 Å². The van der Waals surface area contributed by atoms with E-state index in [2.05, 4.69) is 60.7 Å². The van der Waals surface area contributed by atoms with Crippen LogP contribution in [0.1, 0.15) is 56.9 Å². The van der Waals surface area contributed by atoms with Crippen LogP contribution in [-0.4, -0.2) is 25.9 Å². The van der Waals surface area contributed by atoms with Crippen molar-refractivity contribution < 1.29 is 0 Å². The van der Waals surface area contributed by atoms with Gasteiger partial charge in [0, 0.05) is 18.2 Å². The molecule has 0 aliphatic rings. The predicted octanol–water partition coefficient (Wildman–Crippen LogP) is 2.75. The Balaban J connectivity index is 2.47. The van der Waals surface area contributed by atoms with Crippen LogP contribution in [-0.2, 0) is 12.0 Å². The molecule has 20 heavy (non-hydrogen) atoms. The molecule has 0 amide bonds. The van der Waals surface area contributed by atoms with E-state index in [0.29, 0.717) is 0 Å². The van der Waals surface area contributed by atoms with Crippen molar-refractivity contribution in [3.63, 3.8) is 0 Å². The van der Waals surface area contributed by atoms with Gasteiger partial charge in [-0.25, -0.2) is 0 Å². The maximum Gasteiger partial charge on any atom is 0.0877 e. The van der Waals surface area contributed by atoms with Gasteiger partial charge in [0.2, 0.25) is 0 Å². The van der Waals surface area contributed by atoms with Crippen LogP contribution in [0.5, 0.6) is 0 Å². The van der Waals surface area contributed by atoms with Crippen LogP contribution in [0, 0.1) is 0 Å². The minimum atomic E-state index is -0.00687. The SMILES string of the molecule is CCNC(c1snnc1C(C)(C)C)c1ccnn1CC. The number of hydrogen-bond donors (Lipinski definition) is 1. The Labute approximate surface area is 124 Å². The third kappa shape index (κ3) is 2.91. The summed E-state index contributed by atoms with van der Waals surface area (Å²) in [4.78, 5) is 1.19. The Kier molecular flexibility index (Phi) is 4.55. The van der Waals surface area contributed by atoms with E-state index in [0.717, 1.165) is 18.8 Å². The Morgan fingerprint density at radius 1 is 1.35 bits per heavy atom. The monoisotopic (exact) mass is 293 g/mol. The molecule has 2 aromatic rings. The lowest BCUT2D eigenvalue weighted by atomic mass is 9.89. The molecule has 0 saturated heterocycles. The Morgan fingerprint density at radius 2 is 2.10 bits per heavy atom. The van der Waals surface area contributed by atoms with E-state index < -0.39 is 0 Å². The van der Waals surface area contributed by atoms with Gasteiger partial charge in [-0.15, -0.1) is 5.10 Å². The van der Waals surface area contributed by atoms with Crippen molar-refractivity contribution >= 4 is 11.5 Å². The van der Waals surface area contributed by atoms with Gasteiger partial charge < -0.3 is 5.32 Å². The normalized spacial score (nSPS) is 13.7. The summed E-state index contributed by atoms with van der Waals surface area (Å²) in [5.74, 6) is 0. The standard InChI is InChI=1S/C14H23N5S/c1-6-15-11(10-8-9-16-19(10)7-2)12-13(14(3,4)5)17-18-20-12/h8-9,11,15H,6-7H2,1-5H3. The Bertz CT molecular complexity index is 552. The highest BCUT2D eigenvalue weighted by molar-refractivity contribution is 7.05. The van der Waals surface area contributed by atoms with Gasteiger partial charge in [0.05, 0.1) is 22.3 Å². The molecule has 1 atom stereocenters. The lowest BCUT2D eigenvalue weighted by Gasteiger charge is -2.23. The number of aryl methyl sites for hydroxylation is 1. The highest BCUT2D eigenvalue weighted by Crippen LogP contribution is 2.33. The van der Waals surface area contributed by atoms with Crippen molar-refractivity contribution in [1.29, 1.82) is 0 Å². The third-order valence-corrected chi connectivity index (χ3v) is 4.03.